The molecule has 304 valence electrons. The molecule has 0 spiro atoms. The number of benzene rings is 4. The number of nitrogens with zero attached hydrogens (tertiary/aromatic N) is 9. The zero-order chi connectivity index (χ0) is 42.3. The van der Waals surface area contributed by atoms with Gasteiger partial charge in [-0.15, -0.1) is 0 Å². The van der Waals surface area contributed by atoms with Gasteiger partial charge in [-0.1, -0.05) is 21.9 Å². The SMILES string of the molecule is CC(C)Oc1ccc(-c2nc(-c3ccc4c(cnn4CCC(=O)O)c3)no2)cc1C#N.CCOc1ccc(-c2nc(-c3ccc4c(cnn4CCC(=O)O)c3)no2)cc1Cl. The summed E-state index contributed by atoms with van der Waals surface area (Å²) in [6.45, 7) is 6.81. The van der Waals surface area contributed by atoms with Crippen LogP contribution in [0.5, 0.6) is 11.5 Å². The Hall–Kier alpha value is -7.58. The first-order valence-corrected chi connectivity index (χ1v) is 19.0. The van der Waals surface area contributed by atoms with E-state index < -0.39 is 11.9 Å². The molecule has 0 saturated carbocycles. The number of fused-ring (bicyclic) bond motifs is 2. The number of nitriles is 1. The molecule has 60 heavy (non-hydrogen) atoms. The molecule has 0 bridgehead atoms. The maximum absolute atomic E-state index is 10.8. The van der Waals surface area contributed by atoms with E-state index in [0.717, 1.165) is 32.9 Å². The van der Waals surface area contributed by atoms with Crippen LogP contribution in [0, 0.1) is 11.3 Å². The van der Waals surface area contributed by atoms with Crippen molar-refractivity contribution in [1.82, 2.24) is 39.8 Å². The van der Waals surface area contributed by atoms with Gasteiger partial charge in [0.05, 0.1) is 72.7 Å². The molecule has 0 radical (unpaired) electrons. The van der Waals surface area contributed by atoms with Crippen LogP contribution in [0.2, 0.25) is 5.02 Å². The summed E-state index contributed by atoms with van der Waals surface area (Å²) in [6.07, 6.45) is 3.33. The standard InChI is InChI=1S/C22H19N5O4.C20H17ClN4O4/c1-13(2)30-19-6-4-15(10-16(19)11-23)22-25-21(26-31-22)14-3-5-18-17(9-14)12-24-27(18)8-7-20(28)29;1-2-28-17-6-4-13(10-15(17)21)20-23-19(24-29-20)12-3-5-16-14(9-12)11-22-25(16)8-7-18(26)27/h3-6,9-10,12-13H,7-8H2,1-2H3,(H,28,29);3-6,9-11H,2,7-8H2,1H3,(H,26,27). The third-order valence-corrected chi connectivity index (χ3v) is 9.21. The van der Waals surface area contributed by atoms with Gasteiger partial charge in [-0.25, -0.2) is 0 Å². The fraction of sp³-hybridized carbons (Fsp3) is 0.214. The highest BCUT2D eigenvalue weighted by molar-refractivity contribution is 6.32. The van der Waals surface area contributed by atoms with Crippen LogP contribution in [0.25, 0.3) is 67.5 Å². The highest BCUT2D eigenvalue weighted by Gasteiger charge is 2.17. The highest BCUT2D eigenvalue weighted by Crippen LogP contribution is 2.32. The minimum absolute atomic E-state index is 0.00157. The van der Waals surface area contributed by atoms with Crippen LogP contribution in [-0.4, -0.2) is 74.7 Å². The number of rotatable bonds is 14. The first-order valence-electron chi connectivity index (χ1n) is 18.7. The largest absolute Gasteiger partial charge is 0.492 e. The average Bonchev–Trinajstić information content (AvgIpc) is 4.07. The van der Waals surface area contributed by atoms with Gasteiger partial charge in [-0.05, 0) is 93.6 Å². The van der Waals surface area contributed by atoms with E-state index in [0.29, 0.717) is 76.3 Å². The van der Waals surface area contributed by atoms with E-state index >= 15 is 0 Å². The van der Waals surface area contributed by atoms with E-state index in [1.807, 2.05) is 63.2 Å². The van der Waals surface area contributed by atoms with Gasteiger partial charge in [0, 0.05) is 33.0 Å². The van der Waals surface area contributed by atoms with Crippen molar-refractivity contribution in [2.45, 2.75) is 52.8 Å². The molecule has 0 unspecified atom stereocenters. The van der Waals surface area contributed by atoms with Gasteiger partial charge in [0.25, 0.3) is 11.8 Å². The number of hydrogen-bond donors (Lipinski definition) is 2. The quantitative estimate of drug-likeness (QED) is 0.105. The summed E-state index contributed by atoms with van der Waals surface area (Å²) in [6, 6.07) is 23.7. The van der Waals surface area contributed by atoms with Crippen molar-refractivity contribution in [2.75, 3.05) is 6.61 Å². The third-order valence-electron chi connectivity index (χ3n) is 8.92. The smallest absolute Gasteiger partial charge is 0.305 e. The first-order chi connectivity index (χ1) is 29.0. The van der Waals surface area contributed by atoms with Gasteiger partial charge >= 0.3 is 11.9 Å². The fourth-order valence-corrected chi connectivity index (χ4v) is 6.38. The van der Waals surface area contributed by atoms with Gasteiger partial charge in [-0.2, -0.15) is 25.4 Å². The number of ether oxygens (including phenoxy) is 2. The number of hydrogen-bond acceptors (Lipinski definition) is 13. The Kier molecular flexibility index (Phi) is 12.1. The fourth-order valence-electron chi connectivity index (χ4n) is 6.14. The second kappa shape index (κ2) is 17.9. The lowest BCUT2D eigenvalue weighted by Crippen LogP contribution is -2.06. The van der Waals surface area contributed by atoms with E-state index in [1.165, 1.54) is 0 Å². The number of carboxylic acids is 2. The number of carbonyl (C=O) groups is 2. The molecule has 0 aliphatic heterocycles. The zero-order valence-electron chi connectivity index (χ0n) is 32.4. The van der Waals surface area contributed by atoms with E-state index in [4.69, 9.17) is 40.3 Å². The second-order valence-corrected chi connectivity index (χ2v) is 13.9. The molecule has 4 aromatic carbocycles. The summed E-state index contributed by atoms with van der Waals surface area (Å²) in [5.41, 5.74) is 4.88. The average molecular weight is 830 g/mol. The molecule has 0 aliphatic carbocycles. The lowest BCUT2D eigenvalue weighted by atomic mass is 10.1. The number of aliphatic carboxylic acids is 2. The molecule has 8 aromatic rings. The predicted molar refractivity (Wildman–Crippen MR) is 218 cm³/mol. The molecule has 0 fully saturated rings. The molecule has 0 aliphatic rings. The molecular formula is C42H36ClN9O8. The summed E-state index contributed by atoms with van der Waals surface area (Å²) >= 11 is 6.23. The first kappa shape index (κ1) is 40.6. The van der Waals surface area contributed by atoms with Crippen LogP contribution in [0.15, 0.2) is 94.2 Å². The van der Waals surface area contributed by atoms with Gasteiger partial charge in [0.1, 0.15) is 17.6 Å². The summed E-state index contributed by atoms with van der Waals surface area (Å²) in [5.74, 6) is 0.847. The molecule has 4 aromatic heterocycles. The number of aromatic nitrogens is 8. The zero-order valence-corrected chi connectivity index (χ0v) is 33.2. The van der Waals surface area contributed by atoms with Crippen molar-refractivity contribution < 1.29 is 38.3 Å². The molecule has 18 heteroatoms. The molecule has 8 rings (SSSR count). The van der Waals surface area contributed by atoms with Crippen molar-refractivity contribution >= 4 is 45.3 Å². The van der Waals surface area contributed by atoms with E-state index in [1.54, 1.807) is 52.1 Å². The van der Waals surface area contributed by atoms with E-state index in [2.05, 4.69) is 36.5 Å². The predicted octanol–water partition coefficient (Wildman–Crippen LogP) is 8.17. The van der Waals surface area contributed by atoms with Crippen LogP contribution >= 0.6 is 11.6 Å². The molecule has 4 heterocycles. The summed E-state index contributed by atoms with van der Waals surface area (Å²) in [4.78, 5) is 30.5. The number of carboxylic acid groups (broad SMARTS) is 2. The minimum atomic E-state index is -0.872. The Morgan fingerprint density at radius 1 is 0.750 bits per heavy atom. The Morgan fingerprint density at radius 2 is 1.25 bits per heavy atom. The Balaban J connectivity index is 0.000000182. The lowest BCUT2D eigenvalue weighted by Gasteiger charge is -2.11. The van der Waals surface area contributed by atoms with Gasteiger partial charge < -0.3 is 28.7 Å². The van der Waals surface area contributed by atoms with E-state index in [-0.39, 0.29) is 18.9 Å². The van der Waals surface area contributed by atoms with E-state index in [9.17, 15) is 14.9 Å². The van der Waals surface area contributed by atoms with Crippen molar-refractivity contribution in [3.63, 3.8) is 0 Å². The second-order valence-electron chi connectivity index (χ2n) is 13.5. The topological polar surface area (TPSA) is 230 Å². The highest BCUT2D eigenvalue weighted by atomic mass is 35.5. The number of halogens is 1. The van der Waals surface area contributed by atoms with Crippen LogP contribution in [0.1, 0.15) is 39.2 Å². The summed E-state index contributed by atoms with van der Waals surface area (Å²) in [5, 5.41) is 45.9. The molecular weight excluding hydrogens is 794 g/mol. The Labute approximate surface area is 346 Å². The molecule has 0 amide bonds. The van der Waals surface area contributed by atoms with Crippen LogP contribution in [0.3, 0.4) is 0 Å². The van der Waals surface area contributed by atoms with Gasteiger partial charge in [-0.3, -0.25) is 19.0 Å². The maximum atomic E-state index is 10.8. The summed E-state index contributed by atoms with van der Waals surface area (Å²) in [7, 11) is 0. The van der Waals surface area contributed by atoms with Crippen molar-refractivity contribution in [2.24, 2.45) is 0 Å². The molecule has 17 nitrogen and oxygen atoms in total. The number of aryl methyl sites for hydroxylation is 2. The molecule has 0 atom stereocenters. The van der Waals surface area contributed by atoms with Crippen molar-refractivity contribution in [3.05, 3.63) is 95.8 Å². The maximum Gasteiger partial charge on any atom is 0.305 e. The summed E-state index contributed by atoms with van der Waals surface area (Å²) < 4.78 is 25.2. The van der Waals surface area contributed by atoms with Crippen molar-refractivity contribution in [1.29, 1.82) is 5.26 Å². The molecule has 0 saturated heterocycles. The normalized spacial score (nSPS) is 11.1. The molecule has 2 N–H and O–H groups in total. The van der Waals surface area contributed by atoms with Crippen LogP contribution in [-0.2, 0) is 22.7 Å². The monoisotopic (exact) mass is 829 g/mol. The third kappa shape index (κ3) is 9.24. The van der Waals surface area contributed by atoms with Crippen molar-refractivity contribution in [3.8, 4) is 63.3 Å². The Morgan fingerprint density at radius 3 is 1.72 bits per heavy atom. The minimum Gasteiger partial charge on any atom is -0.492 e. The Bertz CT molecular complexity index is 2870. The van der Waals surface area contributed by atoms with Crippen LogP contribution in [0.4, 0.5) is 0 Å². The van der Waals surface area contributed by atoms with Gasteiger partial charge in [0.2, 0.25) is 11.6 Å². The lowest BCUT2D eigenvalue weighted by molar-refractivity contribution is -0.138. The van der Waals surface area contributed by atoms with Crippen LogP contribution < -0.4 is 9.47 Å². The van der Waals surface area contributed by atoms with Gasteiger partial charge in [0.15, 0.2) is 0 Å².